The molecule has 1 amide bonds. The summed E-state index contributed by atoms with van der Waals surface area (Å²) in [6.45, 7) is 2.92. The molecule has 0 spiro atoms. The molecule has 0 unspecified atom stereocenters. The lowest BCUT2D eigenvalue weighted by molar-refractivity contribution is -0.137. The first-order valence-electron chi connectivity index (χ1n) is 4.62. The average Bonchev–Trinajstić information content (AvgIpc) is 1.99. The zero-order valence-corrected chi connectivity index (χ0v) is 8.86. The van der Waals surface area contributed by atoms with E-state index in [0.717, 1.165) is 0 Å². The minimum Gasteiger partial charge on any atom is -0.481 e. The van der Waals surface area contributed by atoms with E-state index in [1.807, 2.05) is 0 Å². The molecule has 0 aliphatic rings. The van der Waals surface area contributed by atoms with Crippen molar-refractivity contribution in [1.29, 1.82) is 0 Å². The Morgan fingerprint density at radius 3 is 2.33 bits per heavy atom. The number of hydrogen-bond acceptors (Lipinski definition) is 4. The smallest absolute Gasteiger partial charge is 0.305 e. The van der Waals surface area contributed by atoms with Gasteiger partial charge in [0.05, 0.1) is 12.0 Å². The zero-order valence-electron chi connectivity index (χ0n) is 8.86. The Morgan fingerprint density at radius 1 is 1.40 bits per heavy atom. The van der Waals surface area contributed by atoms with Crippen molar-refractivity contribution in [3.63, 3.8) is 0 Å². The highest BCUT2D eigenvalue weighted by atomic mass is 16.4. The van der Waals surface area contributed by atoms with Crippen molar-refractivity contribution in [2.24, 2.45) is 0 Å². The SMILES string of the molecule is CC(C)(O)C[C@H](O)C(=O)NCCC(=O)O. The van der Waals surface area contributed by atoms with Crippen LogP contribution in [0.3, 0.4) is 0 Å². The first-order valence-corrected chi connectivity index (χ1v) is 4.62. The minimum absolute atomic E-state index is 0.0307. The van der Waals surface area contributed by atoms with Crippen molar-refractivity contribution in [2.75, 3.05) is 6.54 Å². The number of aliphatic hydroxyl groups is 2. The molecule has 0 aromatic carbocycles. The molecule has 0 aromatic rings. The second kappa shape index (κ2) is 5.67. The molecule has 0 aliphatic carbocycles. The summed E-state index contributed by atoms with van der Waals surface area (Å²) in [4.78, 5) is 21.3. The number of amides is 1. The molecule has 0 fully saturated rings. The van der Waals surface area contributed by atoms with Crippen molar-refractivity contribution < 1.29 is 24.9 Å². The van der Waals surface area contributed by atoms with E-state index in [0.29, 0.717) is 0 Å². The summed E-state index contributed by atoms with van der Waals surface area (Å²) < 4.78 is 0. The molecule has 4 N–H and O–H groups in total. The maximum absolute atomic E-state index is 11.1. The molecule has 15 heavy (non-hydrogen) atoms. The summed E-state index contributed by atoms with van der Waals surface area (Å²) in [6, 6.07) is 0. The average molecular weight is 219 g/mol. The van der Waals surface area contributed by atoms with Gasteiger partial charge < -0.3 is 20.6 Å². The second-order valence-electron chi connectivity index (χ2n) is 3.97. The Hall–Kier alpha value is -1.14. The van der Waals surface area contributed by atoms with Crippen LogP contribution < -0.4 is 5.32 Å². The number of carbonyl (C=O) groups excluding carboxylic acids is 1. The van der Waals surface area contributed by atoms with E-state index in [4.69, 9.17) is 5.11 Å². The lowest BCUT2D eigenvalue weighted by atomic mass is 10.0. The van der Waals surface area contributed by atoms with E-state index in [2.05, 4.69) is 5.32 Å². The first-order chi connectivity index (χ1) is 6.72. The normalized spacial score (nSPS) is 13.3. The van der Waals surface area contributed by atoms with Gasteiger partial charge in [-0.25, -0.2) is 0 Å². The predicted molar refractivity (Wildman–Crippen MR) is 52.2 cm³/mol. The zero-order chi connectivity index (χ0) is 12.1. The van der Waals surface area contributed by atoms with Crippen LogP contribution in [0.2, 0.25) is 0 Å². The van der Waals surface area contributed by atoms with Gasteiger partial charge in [-0.1, -0.05) is 0 Å². The highest BCUT2D eigenvalue weighted by Gasteiger charge is 2.23. The summed E-state index contributed by atoms with van der Waals surface area (Å²) in [7, 11) is 0. The minimum atomic E-state index is -1.32. The van der Waals surface area contributed by atoms with Gasteiger partial charge in [0.15, 0.2) is 0 Å². The van der Waals surface area contributed by atoms with Crippen LogP contribution in [0.1, 0.15) is 26.7 Å². The number of nitrogens with one attached hydrogen (secondary N) is 1. The van der Waals surface area contributed by atoms with E-state index in [1.165, 1.54) is 13.8 Å². The van der Waals surface area contributed by atoms with Crippen molar-refractivity contribution in [1.82, 2.24) is 5.32 Å². The first kappa shape index (κ1) is 13.9. The number of aliphatic carboxylic acids is 1. The van der Waals surface area contributed by atoms with Crippen LogP contribution in [0.15, 0.2) is 0 Å². The van der Waals surface area contributed by atoms with Crippen molar-refractivity contribution in [2.45, 2.75) is 38.4 Å². The largest absolute Gasteiger partial charge is 0.481 e. The maximum Gasteiger partial charge on any atom is 0.305 e. The molecule has 0 bridgehead atoms. The van der Waals surface area contributed by atoms with Gasteiger partial charge >= 0.3 is 5.97 Å². The van der Waals surface area contributed by atoms with Gasteiger partial charge in [0.25, 0.3) is 0 Å². The van der Waals surface area contributed by atoms with Crippen molar-refractivity contribution in [3.8, 4) is 0 Å². The van der Waals surface area contributed by atoms with Crippen LogP contribution in [0.5, 0.6) is 0 Å². The summed E-state index contributed by atoms with van der Waals surface area (Å²) in [6.07, 6.45) is -1.61. The van der Waals surface area contributed by atoms with Crippen LogP contribution >= 0.6 is 0 Å². The number of carboxylic acids is 1. The van der Waals surface area contributed by atoms with Crippen LogP contribution in [0.25, 0.3) is 0 Å². The number of aliphatic hydroxyl groups excluding tert-OH is 1. The van der Waals surface area contributed by atoms with Gasteiger partial charge in [-0.05, 0) is 13.8 Å². The van der Waals surface area contributed by atoms with E-state index in [1.54, 1.807) is 0 Å². The Labute approximate surface area is 87.9 Å². The highest BCUT2D eigenvalue weighted by Crippen LogP contribution is 2.10. The van der Waals surface area contributed by atoms with Gasteiger partial charge in [0, 0.05) is 13.0 Å². The molecular weight excluding hydrogens is 202 g/mol. The molecule has 0 heterocycles. The summed E-state index contributed by atoms with van der Waals surface area (Å²) in [5, 5.41) is 29.2. The third-order valence-corrected chi connectivity index (χ3v) is 1.63. The molecule has 1 atom stereocenters. The van der Waals surface area contributed by atoms with Gasteiger partial charge in [-0.15, -0.1) is 0 Å². The topological polar surface area (TPSA) is 107 Å². The van der Waals surface area contributed by atoms with Crippen LogP contribution in [0.4, 0.5) is 0 Å². The monoisotopic (exact) mass is 219 g/mol. The molecular formula is C9H17NO5. The fraction of sp³-hybridized carbons (Fsp3) is 0.778. The Bertz CT molecular complexity index is 233. The standard InChI is InChI=1S/C9H17NO5/c1-9(2,15)5-6(11)8(14)10-4-3-7(12)13/h6,11,15H,3-5H2,1-2H3,(H,10,14)(H,12,13)/t6-/m0/s1. The van der Waals surface area contributed by atoms with E-state index in [-0.39, 0.29) is 19.4 Å². The summed E-state index contributed by atoms with van der Waals surface area (Å²) in [5.41, 5.74) is -1.14. The Morgan fingerprint density at radius 2 is 1.93 bits per heavy atom. The fourth-order valence-corrected chi connectivity index (χ4v) is 0.976. The maximum atomic E-state index is 11.1. The Balaban J connectivity index is 3.85. The third kappa shape index (κ3) is 7.90. The quantitative estimate of drug-likeness (QED) is 0.463. The van der Waals surface area contributed by atoms with E-state index < -0.39 is 23.6 Å². The second-order valence-corrected chi connectivity index (χ2v) is 3.97. The molecule has 0 aliphatic heterocycles. The molecule has 0 aromatic heterocycles. The van der Waals surface area contributed by atoms with E-state index >= 15 is 0 Å². The lowest BCUT2D eigenvalue weighted by Gasteiger charge is -2.20. The molecule has 0 saturated carbocycles. The molecule has 6 nitrogen and oxygen atoms in total. The van der Waals surface area contributed by atoms with Crippen molar-refractivity contribution in [3.05, 3.63) is 0 Å². The van der Waals surface area contributed by atoms with Gasteiger partial charge in [0.1, 0.15) is 6.10 Å². The van der Waals surface area contributed by atoms with Crippen LogP contribution in [-0.2, 0) is 9.59 Å². The number of carboxylic acid groups (broad SMARTS) is 1. The number of carbonyl (C=O) groups is 2. The molecule has 0 rings (SSSR count). The number of hydrogen-bond donors (Lipinski definition) is 4. The highest BCUT2D eigenvalue weighted by molar-refractivity contribution is 5.81. The Kier molecular flexibility index (Phi) is 5.24. The van der Waals surface area contributed by atoms with Crippen LogP contribution in [-0.4, -0.2) is 45.4 Å². The molecule has 0 saturated heterocycles. The molecule has 6 heteroatoms. The summed E-state index contributed by atoms with van der Waals surface area (Å²) >= 11 is 0. The molecule has 0 radical (unpaired) electrons. The fourth-order valence-electron chi connectivity index (χ4n) is 0.976. The van der Waals surface area contributed by atoms with Gasteiger partial charge in [0.2, 0.25) is 5.91 Å². The van der Waals surface area contributed by atoms with Gasteiger partial charge in [-0.3, -0.25) is 9.59 Å². The summed E-state index contributed by atoms with van der Waals surface area (Å²) in [5.74, 6) is -1.69. The van der Waals surface area contributed by atoms with Crippen LogP contribution in [0, 0.1) is 0 Å². The van der Waals surface area contributed by atoms with E-state index in [9.17, 15) is 19.8 Å². The third-order valence-electron chi connectivity index (χ3n) is 1.63. The number of rotatable bonds is 6. The van der Waals surface area contributed by atoms with Crippen molar-refractivity contribution >= 4 is 11.9 Å². The predicted octanol–water partition coefficient (Wildman–Crippen LogP) is -0.901. The lowest BCUT2D eigenvalue weighted by Crippen LogP contribution is -2.39. The van der Waals surface area contributed by atoms with Gasteiger partial charge in [-0.2, -0.15) is 0 Å². The molecule has 88 valence electrons.